The van der Waals surface area contributed by atoms with E-state index in [4.69, 9.17) is 10.2 Å². The first-order chi connectivity index (χ1) is 8.28. The summed E-state index contributed by atoms with van der Waals surface area (Å²) >= 11 is 0. The molecule has 1 heterocycles. The van der Waals surface area contributed by atoms with Crippen molar-refractivity contribution in [3.63, 3.8) is 0 Å². The van der Waals surface area contributed by atoms with Gasteiger partial charge in [-0.05, 0) is 24.7 Å². The van der Waals surface area contributed by atoms with Gasteiger partial charge in [-0.2, -0.15) is 5.10 Å². The van der Waals surface area contributed by atoms with Gasteiger partial charge in [0.15, 0.2) is 0 Å². The second kappa shape index (κ2) is 5.62. The molecule has 0 atom stereocenters. The molecule has 2 rings (SSSR count). The maximum absolute atomic E-state index is 8.96. The molecule has 0 amide bonds. The average molecular weight is 239 g/mol. The number of nitrogens with one attached hydrogen (secondary N) is 1. The lowest BCUT2D eigenvalue weighted by Crippen LogP contribution is -2.24. The van der Waals surface area contributed by atoms with Gasteiger partial charge in [-0.1, -0.05) is 0 Å². The highest BCUT2D eigenvalue weighted by Gasteiger charge is 2.41. The zero-order valence-electron chi connectivity index (χ0n) is 10.1. The summed E-state index contributed by atoms with van der Waals surface area (Å²) in [5, 5.41) is 25.3. The Hall–Kier alpha value is -0.910. The zero-order valence-corrected chi connectivity index (χ0v) is 10.1. The van der Waals surface area contributed by atoms with E-state index < -0.39 is 0 Å². The summed E-state index contributed by atoms with van der Waals surface area (Å²) in [6.07, 6.45) is 7.14. The van der Waals surface area contributed by atoms with E-state index in [0.717, 1.165) is 25.1 Å². The molecule has 0 bridgehead atoms. The molecule has 5 nitrogen and oxygen atoms in total. The first-order valence-electron chi connectivity index (χ1n) is 6.22. The number of aliphatic hydroxyl groups is 2. The largest absolute Gasteiger partial charge is 0.396 e. The van der Waals surface area contributed by atoms with Crippen LogP contribution in [0.25, 0.3) is 0 Å². The molecule has 1 aromatic rings. The first kappa shape index (κ1) is 12.5. The van der Waals surface area contributed by atoms with E-state index in [9.17, 15) is 0 Å². The van der Waals surface area contributed by atoms with E-state index in [1.54, 1.807) is 4.68 Å². The Morgan fingerprint density at radius 3 is 2.82 bits per heavy atom. The molecule has 1 fully saturated rings. The van der Waals surface area contributed by atoms with Crippen molar-refractivity contribution in [2.24, 2.45) is 5.41 Å². The van der Waals surface area contributed by atoms with Crippen molar-refractivity contribution >= 4 is 0 Å². The molecule has 0 radical (unpaired) electrons. The molecule has 96 valence electrons. The third-order valence-electron chi connectivity index (χ3n) is 3.44. The molecule has 1 aliphatic rings. The number of hydrogen-bond donors (Lipinski definition) is 3. The van der Waals surface area contributed by atoms with Crippen LogP contribution >= 0.6 is 0 Å². The van der Waals surface area contributed by atoms with Crippen LogP contribution in [0, 0.1) is 5.41 Å². The third-order valence-corrected chi connectivity index (χ3v) is 3.44. The molecular weight excluding hydrogens is 218 g/mol. The lowest BCUT2D eigenvalue weighted by atomic mass is 10.0. The number of aromatic nitrogens is 2. The summed E-state index contributed by atoms with van der Waals surface area (Å²) in [7, 11) is 0. The predicted molar refractivity (Wildman–Crippen MR) is 64.4 cm³/mol. The van der Waals surface area contributed by atoms with E-state index in [0.29, 0.717) is 12.0 Å². The van der Waals surface area contributed by atoms with Gasteiger partial charge in [0.25, 0.3) is 0 Å². The van der Waals surface area contributed by atoms with Crippen molar-refractivity contribution < 1.29 is 10.2 Å². The summed E-state index contributed by atoms with van der Waals surface area (Å²) in [5.41, 5.74) is 1.49. The minimum Gasteiger partial charge on any atom is -0.396 e. The van der Waals surface area contributed by atoms with Crippen LogP contribution in [0.5, 0.6) is 0 Å². The van der Waals surface area contributed by atoms with Crippen molar-refractivity contribution in [2.75, 3.05) is 19.8 Å². The maximum atomic E-state index is 8.96. The zero-order chi connectivity index (χ0) is 12.1. The van der Waals surface area contributed by atoms with Crippen LogP contribution in [0.15, 0.2) is 12.4 Å². The van der Waals surface area contributed by atoms with Gasteiger partial charge in [0, 0.05) is 31.5 Å². The molecule has 0 saturated heterocycles. The summed E-state index contributed by atoms with van der Waals surface area (Å²) in [5.74, 6) is 0. The SMILES string of the molecule is OCCn1cc(CNCC2(CCO)CC2)cn1. The van der Waals surface area contributed by atoms with Gasteiger partial charge in [0.1, 0.15) is 0 Å². The van der Waals surface area contributed by atoms with Crippen LogP contribution in [0.2, 0.25) is 0 Å². The predicted octanol–water partition coefficient (Wildman–Crippen LogP) is 0.128. The lowest BCUT2D eigenvalue weighted by molar-refractivity contribution is 0.245. The Morgan fingerprint density at radius 2 is 2.18 bits per heavy atom. The first-order valence-corrected chi connectivity index (χ1v) is 6.22. The molecule has 17 heavy (non-hydrogen) atoms. The van der Waals surface area contributed by atoms with E-state index in [2.05, 4.69) is 10.4 Å². The second-order valence-electron chi connectivity index (χ2n) is 4.91. The van der Waals surface area contributed by atoms with E-state index in [1.165, 1.54) is 12.8 Å². The molecule has 0 aliphatic heterocycles. The Kier molecular flexibility index (Phi) is 4.15. The van der Waals surface area contributed by atoms with Gasteiger partial charge in [-0.3, -0.25) is 4.68 Å². The average Bonchev–Trinajstić information content (AvgIpc) is 2.92. The quantitative estimate of drug-likeness (QED) is 0.603. The normalized spacial score (nSPS) is 17.3. The van der Waals surface area contributed by atoms with Crippen molar-refractivity contribution in [3.05, 3.63) is 18.0 Å². The Labute approximate surface area is 101 Å². The van der Waals surface area contributed by atoms with Crippen molar-refractivity contribution in [1.82, 2.24) is 15.1 Å². The topological polar surface area (TPSA) is 70.3 Å². The number of aliphatic hydroxyl groups excluding tert-OH is 2. The minimum atomic E-state index is 0.119. The van der Waals surface area contributed by atoms with Gasteiger partial charge in [0.2, 0.25) is 0 Å². The summed E-state index contributed by atoms with van der Waals surface area (Å²) in [6, 6.07) is 0. The molecular formula is C12H21N3O2. The van der Waals surface area contributed by atoms with E-state index in [-0.39, 0.29) is 13.2 Å². The smallest absolute Gasteiger partial charge is 0.0640 e. The monoisotopic (exact) mass is 239 g/mol. The Morgan fingerprint density at radius 1 is 1.35 bits per heavy atom. The van der Waals surface area contributed by atoms with Crippen LogP contribution in [0.4, 0.5) is 0 Å². The fourth-order valence-corrected chi connectivity index (χ4v) is 2.12. The highest BCUT2D eigenvalue weighted by atomic mass is 16.3. The van der Waals surface area contributed by atoms with Gasteiger partial charge in [0.05, 0.1) is 19.3 Å². The van der Waals surface area contributed by atoms with E-state index >= 15 is 0 Å². The van der Waals surface area contributed by atoms with Gasteiger partial charge < -0.3 is 15.5 Å². The molecule has 3 N–H and O–H groups in total. The fourth-order valence-electron chi connectivity index (χ4n) is 2.12. The van der Waals surface area contributed by atoms with Crippen molar-refractivity contribution in [1.29, 1.82) is 0 Å². The van der Waals surface area contributed by atoms with Crippen molar-refractivity contribution in [3.8, 4) is 0 Å². The van der Waals surface area contributed by atoms with Gasteiger partial charge in [-0.15, -0.1) is 0 Å². The molecule has 1 aliphatic carbocycles. The standard InChI is InChI=1S/C12H21N3O2/c16-5-3-12(1-2-12)10-13-7-11-8-14-15(9-11)4-6-17/h8-9,13,16-17H,1-7,10H2. The van der Waals surface area contributed by atoms with Crippen LogP contribution in [-0.2, 0) is 13.1 Å². The molecule has 1 aromatic heterocycles. The summed E-state index contributed by atoms with van der Waals surface area (Å²) < 4.78 is 1.75. The highest BCUT2D eigenvalue weighted by Crippen LogP contribution is 2.47. The molecule has 5 heteroatoms. The maximum Gasteiger partial charge on any atom is 0.0640 e. The summed E-state index contributed by atoms with van der Waals surface area (Å²) in [4.78, 5) is 0. The molecule has 0 unspecified atom stereocenters. The molecule has 0 spiro atoms. The highest BCUT2D eigenvalue weighted by molar-refractivity contribution is 5.04. The third kappa shape index (κ3) is 3.52. The van der Waals surface area contributed by atoms with Crippen molar-refractivity contribution in [2.45, 2.75) is 32.4 Å². The van der Waals surface area contributed by atoms with Crippen LogP contribution < -0.4 is 5.32 Å². The molecule has 1 saturated carbocycles. The second-order valence-corrected chi connectivity index (χ2v) is 4.91. The van der Waals surface area contributed by atoms with Gasteiger partial charge in [-0.25, -0.2) is 0 Å². The fraction of sp³-hybridized carbons (Fsp3) is 0.750. The Bertz CT molecular complexity index is 347. The number of hydrogen-bond acceptors (Lipinski definition) is 4. The van der Waals surface area contributed by atoms with Crippen LogP contribution in [0.1, 0.15) is 24.8 Å². The number of nitrogens with zero attached hydrogens (tertiary/aromatic N) is 2. The van der Waals surface area contributed by atoms with Crippen LogP contribution in [-0.4, -0.2) is 39.8 Å². The minimum absolute atomic E-state index is 0.119. The van der Waals surface area contributed by atoms with Gasteiger partial charge >= 0.3 is 0 Å². The molecule has 0 aromatic carbocycles. The number of rotatable bonds is 8. The lowest BCUT2D eigenvalue weighted by Gasteiger charge is -2.13. The Balaban J connectivity index is 1.70. The van der Waals surface area contributed by atoms with E-state index in [1.807, 2.05) is 12.4 Å². The van der Waals surface area contributed by atoms with Crippen LogP contribution in [0.3, 0.4) is 0 Å². The summed E-state index contributed by atoms with van der Waals surface area (Å²) in [6.45, 7) is 2.73.